The van der Waals surface area contributed by atoms with Crippen molar-refractivity contribution in [1.82, 2.24) is 9.88 Å². The molecule has 116 valence electrons. The zero-order valence-corrected chi connectivity index (χ0v) is 13.1. The van der Waals surface area contributed by atoms with E-state index in [2.05, 4.69) is 22.5 Å². The van der Waals surface area contributed by atoms with Crippen molar-refractivity contribution < 1.29 is 9.84 Å². The monoisotopic (exact) mass is 298 g/mol. The molecule has 0 fully saturated rings. The van der Waals surface area contributed by atoms with E-state index in [0.717, 1.165) is 23.6 Å². The Balaban J connectivity index is 2.15. The van der Waals surface area contributed by atoms with Gasteiger partial charge in [0.2, 0.25) is 0 Å². The topological polar surface area (TPSA) is 45.6 Å². The lowest BCUT2D eigenvalue weighted by atomic mass is 10.2. The van der Waals surface area contributed by atoms with Gasteiger partial charge in [-0.25, -0.2) is 0 Å². The summed E-state index contributed by atoms with van der Waals surface area (Å²) in [6.45, 7) is 7.74. The highest BCUT2D eigenvalue weighted by Gasteiger charge is 2.11. The second-order valence-corrected chi connectivity index (χ2v) is 5.23. The first-order valence-electron chi connectivity index (χ1n) is 7.24. The number of benzene rings is 1. The minimum absolute atomic E-state index is 0.227. The summed E-state index contributed by atoms with van der Waals surface area (Å²) in [6, 6.07) is 11.5. The lowest BCUT2D eigenvalue weighted by molar-refractivity contribution is 0.276. The van der Waals surface area contributed by atoms with Gasteiger partial charge in [-0.15, -0.1) is 6.58 Å². The molecule has 1 N–H and O–H groups in total. The van der Waals surface area contributed by atoms with Gasteiger partial charge in [-0.1, -0.05) is 18.2 Å². The third-order valence-electron chi connectivity index (χ3n) is 3.39. The highest BCUT2D eigenvalue weighted by atomic mass is 16.5. The van der Waals surface area contributed by atoms with Gasteiger partial charge in [0.15, 0.2) is 0 Å². The molecule has 0 saturated heterocycles. The molecule has 2 aromatic rings. The number of methoxy groups -OCH3 is 1. The summed E-state index contributed by atoms with van der Waals surface area (Å²) in [7, 11) is 1.66. The number of aromatic hydroxyl groups is 1. The first kappa shape index (κ1) is 16.0. The Kier molecular flexibility index (Phi) is 5.55. The maximum Gasteiger partial charge on any atom is 0.138 e. The SMILES string of the molecule is C=CCN(Cc1cccc(OC)c1)Cc1nc(C)ccc1O. The smallest absolute Gasteiger partial charge is 0.138 e. The van der Waals surface area contributed by atoms with Crippen molar-refractivity contribution in [2.24, 2.45) is 0 Å². The summed E-state index contributed by atoms with van der Waals surface area (Å²) in [5, 5.41) is 9.97. The summed E-state index contributed by atoms with van der Waals surface area (Å²) in [5.41, 5.74) is 2.73. The van der Waals surface area contributed by atoms with E-state index in [1.165, 1.54) is 0 Å². The number of pyridine rings is 1. The van der Waals surface area contributed by atoms with Crippen molar-refractivity contribution in [3.05, 3.63) is 66.0 Å². The maximum absolute atomic E-state index is 9.97. The zero-order valence-electron chi connectivity index (χ0n) is 13.1. The van der Waals surface area contributed by atoms with Gasteiger partial charge in [0.1, 0.15) is 11.5 Å². The predicted octanol–water partition coefficient (Wildman–Crippen LogP) is 3.29. The van der Waals surface area contributed by atoms with Gasteiger partial charge in [0.25, 0.3) is 0 Å². The Morgan fingerprint density at radius 2 is 2.09 bits per heavy atom. The Bertz CT molecular complexity index is 641. The molecule has 0 radical (unpaired) electrons. The van der Waals surface area contributed by atoms with Crippen LogP contribution in [0.3, 0.4) is 0 Å². The number of rotatable bonds is 7. The van der Waals surface area contributed by atoms with Crippen LogP contribution in [-0.4, -0.2) is 28.6 Å². The molecule has 0 bridgehead atoms. The van der Waals surface area contributed by atoms with Gasteiger partial charge in [-0.3, -0.25) is 9.88 Å². The van der Waals surface area contributed by atoms with Crippen LogP contribution >= 0.6 is 0 Å². The largest absolute Gasteiger partial charge is 0.506 e. The van der Waals surface area contributed by atoms with E-state index in [1.807, 2.05) is 31.2 Å². The molecule has 0 spiro atoms. The Morgan fingerprint density at radius 1 is 1.27 bits per heavy atom. The minimum atomic E-state index is 0.227. The number of aromatic nitrogens is 1. The summed E-state index contributed by atoms with van der Waals surface area (Å²) in [5.74, 6) is 1.07. The van der Waals surface area contributed by atoms with Crippen LogP contribution < -0.4 is 4.74 Å². The summed E-state index contributed by atoms with van der Waals surface area (Å²) in [4.78, 5) is 6.59. The molecule has 0 aliphatic carbocycles. The standard InChI is InChI=1S/C18H22N2O2/c1-4-10-20(12-15-6-5-7-16(11-15)22-3)13-17-18(21)9-8-14(2)19-17/h4-9,11,21H,1,10,12-13H2,2-3H3. The number of hydrogen-bond acceptors (Lipinski definition) is 4. The molecule has 0 aliphatic rings. The van der Waals surface area contributed by atoms with Crippen LogP contribution in [0.15, 0.2) is 49.1 Å². The van der Waals surface area contributed by atoms with Crippen molar-refractivity contribution >= 4 is 0 Å². The molecular formula is C18H22N2O2. The minimum Gasteiger partial charge on any atom is -0.506 e. The average molecular weight is 298 g/mol. The van der Waals surface area contributed by atoms with Crippen molar-refractivity contribution in [3.63, 3.8) is 0 Å². The fraction of sp³-hybridized carbons (Fsp3) is 0.278. The molecule has 22 heavy (non-hydrogen) atoms. The van der Waals surface area contributed by atoms with Crippen LogP contribution in [0.25, 0.3) is 0 Å². The van der Waals surface area contributed by atoms with E-state index in [1.54, 1.807) is 19.2 Å². The van der Waals surface area contributed by atoms with Gasteiger partial charge >= 0.3 is 0 Å². The van der Waals surface area contributed by atoms with Crippen LogP contribution in [0.2, 0.25) is 0 Å². The normalized spacial score (nSPS) is 10.7. The van der Waals surface area contributed by atoms with E-state index < -0.39 is 0 Å². The molecule has 0 atom stereocenters. The van der Waals surface area contributed by atoms with E-state index in [-0.39, 0.29) is 5.75 Å². The van der Waals surface area contributed by atoms with Crippen molar-refractivity contribution in [2.45, 2.75) is 20.0 Å². The van der Waals surface area contributed by atoms with Crippen molar-refractivity contribution in [1.29, 1.82) is 0 Å². The molecule has 2 rings (SSSR count). The van der Waals surface area contributed by atoms with E-state index in [0.29, 0.717) is 18.8 Å². The first-order chi connectivity index (χ1) is 10.6. The van der Waals surface area contributed by atoms with Gasteiger partial charge in [0.05, 0.1) is 12.8 Å². The molecule has 4 heteroatoms. The molecule has 1 aromatic carbocycles. The van der Waals surface area contributed by atoms with Crippen LogP contribution in [-0.2, 0) is 13.1 Å². The summed E-state index contributed by atoms with van der Waals surface area (Å²) < 4.78 is 5.26. The average Bonchev–Trinajstić information content (AvgIpc) is 2.51. The lowest BCUT2D eigenvalue weighted by Crippen LogP contribution is -2.23. The van der Waals surface area contributed by atoms with Crippen molar-refractivity contribution in [2.75, 3.05) is 13.7 Å². The second-order valence-electron chi connectivity index (χ2n) is 5.23. The summed E-state index contributed by atoms with van der Waals surface area (Å²) in [6.07, 6.45) is 1.85. The molecule has 0 saturated carbocycles. The first-order valence-corrected chi connectivity index (χ1v) is 7.24. The number of hydrogen-bond donors (Lipinski definition) is 1. The number of ether oxygens (including phenoxy) is 1. The van der Waals surface area contributed by atoms with Gasteiger partial charge in [-0.05, 0) is 36.8 Å². The Morgan fingerprint density at radius 3 is 2.82 bits per heavy atom. The van der Waals surface area contributed by atoms with Crippen molar-refractivity contribution in [3.8, 4) is 11.5 Å². The third kappa shape index (κ3) is 4.33. The molecule has 0 amide bonds. The fourth-order valence-electron chi connectivity index (χ4n) is 2.33. The fourth-order valence-corrected chi connectivity index (χ4v) is 2.33. The quantitative estimate of drug-likeness (QED) is 0.797. The lowest BCUT2D eigenvalue weighted by Gasteiger charge is -2.21. The molecule has 0 unspecified atom stereocenters. The maximum atomic E-state index is 9.97. The van der Waals surface area contributed by atoms with E-state index in [9.17, 15) is 5.11 Å². The van der Waals surface area contributed by atoms with Crippen LogP contribution in [0.5, 0.6) is 11.5 Å². The van der Waals surface area contributed by atoms with E-state index in [4.69, 9.17) is 4.74 Å². The molecule has 4 nitrogen and oxygen atoms in total. The molecule has 0 aliphatic heterocycles. The third-order valence-corrected chi connectivity index (χ3v) is 3.39. The highest BCUT2D eigenvalue weighted by molar-refractivity contribution is 5.29. The Labute approximate surface area is 131 Å². The highest BCUT2D eigenvalue weighted by Crippen LogP contribution is 2.19. The predicted molar refractivity (Wildman–Crippen MR) is 87.9 cm³/mol. The van der Waals surface area contributed by atoms with Gasteiger partial charge in [-0.2, -0.15) is 0 Å². The molecular weight excluding hydrogens is 276 g/mol. The number of aryl methyl sites for hydroxylation is 1. The zero-order chi connectivity index (χ0) is 15.9. The number of nitrogens with zero attached hydrogens (tertiary/aromatic N) is 2. The molecule has 1 aromatic heterocycles. The van der Waals surface area contributed by atoms with Crippen LogP contribution in [0.4, 0.5) is 0 Å². The molecule has 1 heterocycles. The van der Waals surface area contributed by atoms with Gasteiger partial charge in [0, 0.05) is 25.3 Å². The Hall–Kier alpha value is -2.33. The van der Waals surface area contributed by atoms with Gasteiger partial charge < -0.3 is 9.84 Å². The van der Waals surface area contributed by atoms with Crippen LogP contribution in [0.1, 0.15) is 17.0 Å². The van der Waals surface area contributed by atoms with Crippen LogP contribution in [0, 0.1) is 6.92 Å². The van der Waals surface area contributed by atoms with E-state index >= 15 is 0 Å². The second kappa shape index (κ2) is 7.61. The summed E-state index contributed by atoms with van der Waals surface area (Å²) >= 11 is 0.